The highest BCUT2D eigenvalue weighted by atomic mass is 16.5. The lowest BCUT2D eigenvalue weighted by Gasteiger charge is -2.34. The van der Waals surface area contributed by atoms with Gasteiger partial charge in [-0.15, -0.1) is 0 Å². The Morgan fingerprint density at radius 1 is 1.19 bits per heavy atom. The van der Waals surface area contributed by atoms with Gasteiger partial charge in [0.15, 0.2) is 5.82 Å². The van der Waals surface area contributed by atoms with Gasteiger partial charge in [0.25, 0.3) is 5.91 Å². The van der Waals surface area contributed by atoms with Crippen molar-refractivity contribution in [2.45, 2.75) is 46.1 Å². The van der Waals surface area contributed by atoms with Crippen LogP contribution in [-0.2, 0) is 0 Å². The molecule has 0 unspecified atom stereocenters. The Morgan fingerprint density at radius 2 is 2.04 bits per heavy atom. The average Bonchev–Trinajstić information content (AvgIpc) is 3.31. The number of hydrogen-bond acceptors (Lipinski definition) is 7. The van der Waals surface area contributed by atoms with Gasteiger partial charge in [0.05, 0.1) is 29.2 Å². The third kappa shape index (κ3) is 3.22. The first kappa shape index (κ1) is 17.4. The van der Waals surface area contributed by atoms with Gasteiger partial charge in [-0.3, -0.25) is 4.79 Å². The summed E-state index contributed by atoms with van der Waals surface area (Å²) in [4.78, 5) is 24.1. The first-order valence-corrected chi connectivity index (χ1v) is 9.05. The molecule has 0 bridgehead atoms. The molecule has 0 saturated carbocycles. The van der Waals surface area contributed by atoms with Gasteiger partial charge >= 0.3 is 0 Å². The van der Waals surface area contributed by atoms with E-state index in [4.69, 9.17) is 14.0 Å². The molecule has 1 aliphatic rings. The van der Waals surface area contributed by atoms with Crippen molar-refractivity contribution in [3.05, 3.63) is 47.1 Å². The molecule has 8 nitrogen and oxygen atoms in total. The van der Waals surface area contributed by atoms with Crippen LogP contribution in [0.1, 0.15) is 58.8 Å². The Bertz CT molecular complexity index is 944. The predicted octanol–water partition coefficient (Wildman–Crippen LogP) is 3.41. The summed E-state index contributed by atoms with van der Waals surface area (Å²) in [6.07, 6.45) is 4.25. The molecule has 4 rings (SSSR count). The van der Waals surface area contributed by atoms with Crippen LogP contribution in [0.2, 0.25) is 0 Å². The van der Waals surface area contributed by atoms with Crippen LogP contribution in [0.5, 0.6) is 0 Å². The number of nitrogens with zero attached hydrogens (tertiary/aromatic N) is 5. The summed E-state index contributed by atoms with van der Waals surface area (Å²) in [7, 11) is 0. The lowest BCUT2D eigenvalue weighted by atomic mass is 10.00. The highest BCUT2D eigenvalue weighted by molar-refractivity contribution is 5.91. The van der Waals surface area contributed by atoms with E-state index >= 15 is 0 Å². The molecule has 8 heteroatoms. The smallest absolute Gasteiger partial charge is 0.293 e. The Kier molecular flexibility index (Phi) is 4.47. The minimum absolute atomic E-state index is 0.179. The van der Waals surface area contributed by atoms with Crippen molar-refractivity contribution in [2.24, 2.45) is 0 Å². The summed E-state index contributed by atoms with van der Waals surface area (Å²) in [5.74, 6) is 1.41. The molecule has 1 saturated heterocycles. The summed E-state index contributed by atoms with van der Waals surface area (Å²) in [5, 5.41) is 7.67. The van der Waals surface area contributed by atoms with Crippen LogP contribution < -0.4 is 0 Å². The monoisotopic (exact) mass is 367 g/mol. The van der Waals surface area contributed by atoms with E-state index in [0.29, 0.717) is 12.4 Å². The SMILES string of the molecule is Cc1cc(-c2c(C)noc2C)nc([C@H]2CCCCN2C(=O)c2ccno2)n1. The fourth-order valence-corrected chi connectivity index (χ4v) is 3.63. The molecule has 0 radical (unpaired) electrons. The normalized spacial score (nSPS) is 17.3. The number of aryl methyl sites for hydroxylation is 3. The molecule has 0 N–H and O–H groups in total. The van der Waals surface area contributed by atoms with Gasteiger partial charge < -0.3 is 13.9 Å². The maximum absolute atomic E-state index is 12.9. The first-order chi connectivity index (χ1) is 13.0. The van der Waals surface area contributed by atoms with Crippen LogP contribution in [0.25, 0.3) is 11.3 Å². The Balaban J connectivity index is 1.74. The summed E-state index contributed by atoms with van der Waals surface area (Å²) in [6.45, 7) is 6.33. The maximum atomic E-state index is 12.9. The van der Waals surface area contributed by atoms with Crippen molar-refractivity contribution >= 4 is 5.91 Å². The van der Waals surface area contributed by atoms with Gasteiger partial charge in [0.2, 0.25) is 5.76 Å². The molecule has 27 heavy (non-hydrogen) atoms. The molecule has 1 aliphatic heterocycles. The largest absolute Gasteiger partial charge is 0.361 e. The molecule has 3 aromatic rings. The zero-order valence-corrected chi connectivity index (χ0v) is 15.6. The standard InChI is InChI=1S/C19H21N5O3/c1-11-10-14(17-12(2)23-26-13(17)3)22-18(21-11)15-6-4-5-9-24(15)19(25)16-7-8-20-27-16/h7-8,10,15H,4-6,9H2,1-3H3/t15-/m1/s1. The topological polar surface area (TPSA) is 98.2 Å². The van der Waals surface area contributed by atoms with Gasteiger partial charge in [0.1, 0.15) is 5.76 Å². The molecule has 1 fully saturated rings. The molecule has 1 atom stereocenters. The minimum Gasteiger partial charge on any atom is -0.361 e. The fraction of sp³-hybridized carbons (Fsp3) is 0.421. The van der Waals surface area contributed by atoms with Crippen LogP contribution in [0.15, 0.2) is 27.4 Å². The van der Waals surface area contributed by atoms with Crippen LogP contribution in [0, 0.1) is 20.8 Å². The third-order valence-electron chi connectivity index (χ3n) is 4.87. The summed E-state index contributed by atoms with van der Waals surface area (Å²) >= 11 is 0. The number of carbonyl (C=O) groups excluding carboxylic acids is 1. The summed E-state index contributed by atoms with van der Waals surface area (Å²) in [6, 6.07) is 3.30. The number of rotatable bonds is 3. The van der Waals surface area contributed by atoms with E-state index in [1.807, 2.05) is 26.8 Å². The van der Waals surface area contributed by atoms with E-state index in [1.54, 1.807) is 11.0 Å². The van der Waals surface area contributed by atoms with Gasteiger partial charge in [-0.05, 0) is 46.1 Å². The van der Waals surface area contributed by atoms with E-state index in [9.17, 15) is 4.79 Å². The number of amides is 1. The number of aromatic nitrogens is 4. The lowest BCUT2D eigenvalue weighted by molar-refractivity contribution is 0.0557. The molecule has 4 heterocycles. The van der Waals surface area contributed by atoms with Crippen molar-refractivity contribution < 1.29 is 13.8 Å². The van der Waals surface area contributed by atoms with Gasteiger partial charge in [-0.1, -0.05) is 10.3 Å². The Hall–Kier alpha value is -3.03. The van der Waals surface area contributed by atoms with Crippen LogP contribution in [0.4, 0.5) is 0 Å². The second-order valence-electron chi connectivity index (χ2n) is 6.84. The molecular formula is C19H21N5O3. The number of piperidine rings is 1. The molecule has 0 spiro atoms. The average molecular weight is 367 g/mol. The highest BCUT2D eigenvalue weighted by Crippen LogP contribution is 2.33. The second kappa shape index (κ2) is 6.94. The molecule has 3 aromatic heterocycles. The van der Waals surface area contributed by atoms with Crippen LogP contribution in [-0.4, -0.2) is 37.6 Å². The van der Waals surface area contributed by atoms with Gasteiger partial charge in [0, 0.05) is 18.3 Å². The second-order valence-corrected chi connectivity index (χ2v) is 6.84. The predicted molar refractivity (Wildman–Crippen MR) is 95.9 cm³/mol. The lowest BCUT2D eigenvalue weighted by Crippen LogP contribution is -2.39. The van der Waals surface area contributed by atoms with Gasteiger partial charge in [-0.2, -0.15) is 0 Å². The van der Waals surface area contributed by atoms with E-state index in [0.717, 1.165) is 47.7 Å². The number of hydrogen-bond donors (Lipinski definition) is 0. The minimum atomic E-state index is -0.199. The Morgan fingerprint density at radius 3 is 2.74 bits per heavy atom. The fourth-order valence-electron chi connectivity index (χ4n) is 3.63. The first-order valence-electron chi connectivity index (χ1n) is 9.05. The van der Waals surface area contributed by atoms with Crippen molar-refractivity contribution in [1.29, 1.82) is 0 Å². The number of carbonyl (C=O) groups is 1. The van der Waals surface area contributed by atoms with E-state index in [1.165, 1.54) is 6.20 Å². The van der Waals surface area contributed by atoms with Gasteiger partial charge in [-0.25, -0.2) is 9.97 Å². The summed E-state index contributed by atoms with van der Waals surface area (Å²) in [5.41, 5.74) is 3.28. The molecule has 0 aromatic carbocycles. The van der Waals surface area contributed by atoms with Crippen LogP contribution >= 0.6 is 0 Å². The van der Waals surface area contributed by atoms with E-state index < -0.39 is 0 Å². The third-order valence-corrected chi connectivity index (χ3v) is 4.87. The van der Waals surface area contributed by atoms with E-state index in [-0.39, 0.29) is 17.7 Å². The molecule has 140 valence electrons. The zero-order valence-electron chi connectivity index (χ0n) is 15.6. The van der Waals surface area contributed by atoms with Crippen molar-refractivity contribution in [2.75, 3.05) is 6.54 Å². The molecule has 0 aliphatic carbocycles. The zero-order chi connectivity index (χ0) is 19.0. The molecular weight excluding hydrogens is 346 g/mol. The Labute approximate surface area is 156 Å². The molecule has 1 amide bonds. The van der Waals surface area contributed by atoms with E-state index in [2.05, 4.69) is 15.3 Å². The van der Waals surface area contributed by atoms with Crippen molar-refractivity contribution in [1.82, 2.24) is 25.2 Å². The quantitative estimate of drug-likeness (QED) is 0.699. The summed E-state index contributed by atoms with van der Waals surface area (Å²) < 4.78 is 10.4. The highest BCUT2D eigenvalue weighted by Gasteiger charge is 2.32. The number of likely N-dealkylation sites (tertiary alicyclic amines) is 1. The van der Waals surface area contributed by atoms with Crippen LogP contribution in [0.3, 0.4) is 0 Å². The maximum Gasteiger partial charge on any atom is 0.293 e. The van der Waals surface area contributed by atoms with Crippen molar-refractivity contribution in [3.63, 3.8) is 0 Å². The van der Waals surface area contributed by atoms with Crippen molar-refractivity contribution in [3.8, 4) is 11.3 Å².